The van der Waals surface area contributed by atoms with E-state index in [0.717, 1.165) is 6.08 Å². The highest BCUT2D eigenvalue weighted by Crippen LogP contribution is 1.76. The summed E-state index contributed by atoms with van der Waals surface area (Å²) in [5, 5.41) is 23.2. The third-order valence-corrected chi connectivity index (χ3v) is 0.663. The molecule has 0 heterocycles. The number of carbonyl (C=O) groups is 2. The fourth-order valence-electron chi connectivity index (χ4n) is 0.207. The third-order valence-electron chi connectivity index (χ3n) is 0.663. The van der Waals surface area contributed by atoms with Crippen LogP contribution >= 0.6 is 0 Å². The van der Waals surface area contributed by atoms with Crippen LogP contribution in [-0.4, -0.2) is 47.6 Å². The summed E-state index contributed by atoms with van der Waals surface area (Å²) in [7, 11) is 1.18. The van der Waals surface area contributed by atoms with Crippen LogP contribution in [0.15, 0.2) is 12.2 Å². The Balaban J connectivity index is 0. The first-order chi connectivity index (χ1) is 6.08. The molecular weight excluding hydrogens is 180 g/mol. The van der Waals surface area contributed by atoms with Crippen molar-refractivity contribution in [2.45, 2.75) is 0 Å². The Labute approximate surface area is 75.1 Å². The topological polar surface area (TPSA) is 104 Å². The lowest BCUT2D eigenvalue weighted by Crippen LogP contribution is -1.96. The number of hydrogen-bond donors (Lipinski definition) is 3. The molecule has 0 aromatic rings. The standard InChI is InChI=1S/C5H6O4.C2H6O2/c1-9-5(8)3-2-4(6)7;3-1-2-4/h2-3H,1H3,(H,6,7);3-4H,1-2H2/b3-2+;. The lowest BCUT2D eigenvalue weighted by Gasteiger charge is -1.85. The van der Waals surface area contributed by atoms with Crippen molar-refractivity contribution in [1.82, 2.24) is 0 Å². The summed E-state index contributed by atoms with van der Waals surface area (Å²) in [4.78, 5) is 19.9. The maximum absolute atomic E-state index is 10.1. The number of aliphatic hydroxyl groups excluding tert-OH is 2. The van der Waals surface area contributed by atoms with Crippen LogP contribution in [-0.2, 0) is 14.3 Å². The quantitative estimate of drug-likeness (QED) is 0.382. The van der Waals surface area contributed by atoms with E-state index in [-0.39, 0.29) is 13.2 Å². The van der Waals surface area contributed by atoms with Gasteiger partial charge in [-0.1, -0.05) is 0 Å². The number of hydrogen-bond acceptors (Lipinski definition) is 5. The Morgan fingerprint density at radius 3 is 1.92 bits per heavy atom. The molecule has 3 N–H and O–H groups in total. The van der Waals surface area contributed by atoms with Crippen molar-refractivity contribution in [3.8, 4) is 0 Å². The first kappa shape index (κ1) is 14.1. The summed E-state index contributed by atoms with van der Waals surface area (Å²) in [5.74, 6) is -1.84. The molecule has 0 aromatic heterocycles. The van der Waals surface area contributed by atoms with Crippen molar-refractivity contribution in [3.05, 3.63) is 12.2 Å². The molecular formula is C7H12O6. The summed E-state index contributed by atoms with van der Waals surface area (Å²) in [6.45, 7) is -0.250. The normalized spacial score (nSPS) is 8.85. The Bertz CT molecular complexity index is 172. The minimum Gasteiger partial charge on any atom is -0.478 e. The molecule has 0 spiro atoms. The van der Waals surface area contributed by atoms with Gasteiger partial charge in [0.1, 0.15) is 0 Å². The van der Waals surface area contributed by atoms with E-state index in [1.807, 2.05) is 0 Å². The number of rotatable bonds is 3. The first-order valence-corrected chi connectivity index (χ1v) is 3.29. The van der Waals surface area contributed by atoms with Gasteiger partial charge in [-0.3, -0.25) is 0 Å². The monoisotopic (exact) mass is 192 g/mol. The van der Waals surface area contributed by atoms with Crippen LogP contribution in [0.1, 0.15) is 0 Å². The molecule has 0 aliphatic rings. The average molecular weight is 192 g/mol. The van der Waals surface area contributed by atoms with Gasteiger partial charge >= 0.3 is 11.9 Å². The molecule has 0 rings (SSSR count). The van der Waals surface area contributed by atoms with Crippen molar-refractivity contribution < 1.29 is 29.6 Å². The first-order valence-electron chi connectivity index (χ1n) is 3.29. The molecule has 0 fully saturated rings. The summed E-state index contributed by atoms with van der Waals surface area (Å²) >= 11 is 0. The molecule has 76 valence electrons. The molecule has 0 aliphatic carbocycles. The van der Waals surface area contributed by atoms with Gasteiger partial charge in [-0.15, -0.1) is 0 Å². The lowest BCUT2D eigenvalue weighted by molar-refractivity contribution is -0.136. The van der Waals surface area contributed by atoms with Crippen LogP contribution in [0, 0.1) is 0 Å². The van der Waals surface area contributed by atoms with E-state index in [1.165, 1.54) is 7.11 Å². The van der Waals surface area contributed by atoms with Crippen molar-refractivity contribution in [3.63, 3.8) is 0 Å². The fraction of sp³-hybridized carbons (Fsp3) is 0.429. The molecule has 0 aromatic carbocycles. The van der Waals surface area contributed by atoms with Gasteiger partial charge in [0.15, 0.2) is 0 Å². The molecule has 0 atom stereocenters. The number of esters is 1. The predicted octanol–water partition coefficient (Wildman–Crippen LogP) is -1.23. The van der Waals surface area contributed by atoms with Gasteiger partial charge in [-0.2, -0.15) is 0 Å². The van der Waals surface area contributed by atoms with E-state index in [9.17, 15) is 9.59 Å². The summed E-state index contributed by atoms with van der Waals surface area (Å²) in [5.41, 5.74) is 0. The molecule has 13 heavy (non-hydrogen) atoms. The minimum absolute atomic E-state index is 0.125. The number of carbonyl (C=O) groups excluding carboxylic acids is 1. The van der Waals surface area contributed by atoms with Crippen LogP contribution in [0.3, 0.4) is 0 Å². The van der Waals surface area contributed by atoms with Crippen molar-refractivity contribution in [1.29, 1.82) is 0 Å². The molecule has 6 heteroatoms. The zero-order chi connectivity index (χ0) is 10.7. The Hall–Kier alpha value is -1.40. The van der Waals surface area contributed by atoms with Crippen LogP contribution in [0.5, 0.6) is 0 Å². The fourth-order valence-corrected chi connectivity index (χ4v) is 0.207. The van der Waals surface area contributed by atoms with E-state index >= 15 is 0 Å². The molecule has 0 aliphatic heterocycles. The van der Waals surface area contributed by atoms with E-state index in [0.29, 0.717) is 6.08 Å². The van der Waals surface area contributed by atoms with Crippen molar-refractivity contribution in [2.75, 3.05) is 20.3 Å². The highest BCUT2D eigenvalue weighted by molar-refractivity contribution is 5.90. The van der Waals surface area contributed by atoms with Gasteiger partial charge in [-0.25, -0.2) is 9.59 Å². The van der Waals surface area contributed by atoms with E-state index in [2.05, 4.69) is 4.74 Å². The number of carboxylic acids is 1. The third kappa shape index (κ3) is 18.0. The number of carboxylic acid groups (broad SMARTS) is 1. The molecule has 0 saturated heterocycles. The number of methoxy groups -OCH3 is 1. The zero-order valence-electron chi connectivity index (χ0n) is 7.14. The van der Waals surface area contributed by atoms with E-state index in [1.54, 1.807) is 0 Å². The molecule has 0 amide bonds. The summed E-state index contributed by atoms with van der Waals surface area (Å²) in [6.07, 6.45) is 1.55. The van der Waals surface area contributed by atoms with Gasteiger partial charge in [0.25, 0.3) is 0 Å². The van der Waals surface area contributed by atoms with Crippen LogP contribution in [0.4, 0.5) is 0 Å². The van der Waals surface area contributed by atoms with Gasteiger partial charge in [0, 0.05) is 12.2 Å². The molecule has 0 unspecified atom stereocenters. The highest BCUT2D eigenvalue weighted by Gasteiger charge is 1.91. The van der Waals surface area contributed by atoms with Gasteiger partial charge < -0.3 is 20.1 Å². The SMILES string of the molecule is COC(=O)/C=C/C(=O)O.OCCO. The second-order valence-corrected chi connectivity index (χ2v) is 1.64. The Morgan fingerprint density at radius 1 is 1.23 bits per heavy atom. The zero-order valence-corrected chi connectivity index (χ0v) is 7.14. The van der Waals surface area contributed by atoms with E-state index < -0.39 is 11.9 Å². The molecule has 0 bridgehead atoms. The number of aliphatic hydroxyl groups is 2. The minimum atomic E-state index is -1.17. The maximum Gasteiger partial charge on any atom is 0.330 e. The van der Waals surface area contributed by atoms with Gasteiger partial charge in [0.2, 0.25) is 0 Å². The predicted molar refractivity (Wildman–Crippen MR) is 43.0 cm³/mol. The largest absolute Gasteiger partial charge is 0.478 e. The smallest absolute Gasteiger partial charge is 0.330 e. The lowest BCUT2D eigenvalue weighted by atomic mass is 10.5. The number of aliphatic carboxylic acids is 1. The maximum atomic E-state index is 10.1. The van der Waals surface area contributed by atoms with Gasteiger partial charge in [-0.05, 0) is 0 Å². The molecule has 6 nitrogen and oxygen atoms in total. The highest BCUT2D eigenvalue weighted by atomic mass is 16.5. The molecule has 0 radical (unpaired) electrons. The summed E-state index contributed by atoms with van der Waals surface area (Å²) in [6, 6.07) is 0. The number of ether oxygens (including phenoxy) is 1. The van der Waals surface area contributed by atoms with Crippen molar-refractivity contribution >= 4 is 11.9 Å². The second-order valence-electron chi connectivity index (χ2n) is 1.64. The van der Waals surface area contributed by atoms with Crippen LogP contribution in [0.25, 0.3) is 0 Å². The van der Waals surface area contributed by atoms with Crippen molar-refractivity contribution in [2.24, 2.45) is 0 Å². The molecule has 0 saturated carbocycles. The van der Waals surface area contributed by atoms with E-state index in [4.69, 9.17) is 15.3 Å². The van der Waals surface area contributed by atoms with Crippen LogP contribution < -0.4 is 0 Å². The average Bonchev–Trinajstić information content (AvgIpc) is 2.14. The Kier molecular flexibility index (Phi) is 11.5. The second kappa shape index (κ2) is 10.6. The summed E-state index contributed by atoms with van der Waals surface area (Å²) < 4.78 is 4.11. The van der Waals surface area contributed by atoms with Gasteiger partial charge in [0.05, 0.1) is 20.3 Å². The Morgan fingerprint density at radius 2 is 1.69 bits per heavy atom. The van der Waals surface area contributed by atoms with Crippen LogP contribution in [0.2, 0.25) is 0 Å².